The lowest BCUT2D eigenvalue weighted by molar-refractivity contribution is -0.151. The first-order valence-corrected chi connectivity index (χ1v) is 15.1. The summed E-state index contributed by atoms with van der Waals surface area (Å²) in [6.07, 6.45) is 15.2. The maximum absolute atomic E-state index is 12.8. The van der Waals surface area contributed by atoms with Crippen molar-refractivity contribution < 1.29 is 33.4 Å². The van der Waals surface area contributed by atoms with Crippen molar-refractivity contribution in [3.8, 4) is 0 Å². The maximum atomic E-state index is 12.8. The van der Waals surface area contributed by atoms with Crippen LogP contribution < -0.4 is 16.0 Å². The van der Waals surface area contributed by atoms with Gasteiger partial charge in [0.2, 0.25) is 11.8 Å². The van der Waals surface area contributed by atoms with Crippen LogP contribution in [0.3, 0.4) is 0 Å². The van der Waals surface area contributed by atoms with Crippen molar-refractivity contribution in [3.05, 3.63) is 71.2 Å². The van der Waals surface area contributed by atoms with Crippen molar-refractivity contribution in [3.63, 3.8) is 0 Å². The minimum atomic E-state index is -0.764. The molecule has 0 aromatic heterocycles. The van der Waals surface area contributed by atoms with Gasteiger partial charge in [0.05, 0.1) is 7.11 Å². The van der Waals surface area contributed by atoms with Gasteiger partial charge in [0.25, 0.3) is 0 Å². The van der Waals surface area contributed by atoms with Crippen molar-refractivity contribution in [1.29, 1.82) is 0 Å². The van der Waals surface area contributed by atoms with Crippen LogP contribution in [0.5, 0.6) is 0 Å². The number of esters is 1. The summed E-state index contributed by atoms with van der Waals surface area (Å²) in [6.45, 7) is 13.0. The zero-order valence-electron chi connectivity index (χ0n) is 27.0. The molecule has 44 heavy (non-hydrogen) atoms. The molecule has 0 saturated carbocycles. The van der Waals surface area contributed by atoms with Crippen molar-refractivity contribution >= 4 is 35.5 Å². The summed E-state index contributed by atoms with van der Waals surface area (Å²) in [6, 6.07) is -0.827. The maximum Gasteiger partial charge on any atom is 0.407 e. The molecule has 3 N–H and O–H groups in total. The number of hydrogen-bond acceptors (Lipinski definition) is 7. The average Bonchev–Trinajstić information content (AvgIpc) is 2.93. The molecular formula is C33H48ClN3O7. The predicted molar refractivity (Wildman–Crippen MR) is 172 cm³/mol. The third kappa shape index (κ3) is 15.6. The van der Waals surface area contributed by atoms with Gasteiger partial charge < -0.3 is 30.2 Å². The predicted octanol–water partition coefficient (Wildman–Crippen LogP) is 5.72. The van der Waals surface area contributed by atoms with Crippen LogP contribution in [-0.2, 0) is 28.6 Å². The molecule has 0 radical (unpaired) electrons. The standard InChI is InChI=1S/C33H48ClN3O7/c1-21(2)30(31(39)35-19-11-13-26(16-15-25(7)34)43-33(41)36-22(3)4)37-29(38)14-10-9-12-23(5)20-24(6)27-17-18-28(42-8)32(40)44-27/h9-12,14-15,18-22,24,26-27,30H,13,16-17H2,1-8H3,(H,35,39)(H,36,41)(H,37,38)/b12-9-,14-10-,19-11-,23-20+,25-15+. The second kappa shape index (κ2) is 20.2. The molecule has 0 saturated heterocycles. The Bertz CT molecular complexity index is 1160. The van der Waals surface area contributed by atoms with E-state index in [1.165, 1.54) is 19.4 Å². The molecule has 1 aliphatic rings. The average molecular weight is 634 g/mol. The third-order valence-corrected chi connectivity index (χ3v) is 6.53. The molecule has 4 unspecified atom stereocenters. The molecule has 0 spiro atoms. The molecule has 3 amide bonds. The smallest absolute Gasteiger partial charge is 0.407 e. The fraction of sp³-hybridized carbons (Fsp3) is 0.515. The van der Waals surface area contributed by atoms with Gasteiger partial charge in [-0.1, -0.05) is 74.4 Å². The van der Waals surface area contributed by atoms with E-state index in [0.717, 1.165) is 5.57 Å². The summed E-state index contributed by atoms with van der Waals surface area (Å²) in [5, 5.41) is 8.69. The van der Waals surface area contributed by atoms with Crippen LogP contribution in [0, 0.1) is 11.8 Å². The zero-order valence-corrected chi connectivity index (χ0v) is 27.8. The van der Waals surface area contributed by atoms with Gasteiger partial charge in [0.1, 0.15) is 18.2 Å². The Morgan fingerprint density at radius 3 is 2.34 bits per heavy atom. The fourth-order valence-electron chi connectivity index (χ4n) is 4.06. The number of ether oxygens (including phenoxy) is 3. The molecule has 0 aromatic rings. The van der Waals surface area contributed by atoms with Crippen LogP contribution in [0.25, 0.3) is 0 Å². The zero-order chi connectivity index (χ0) is 33.2. The van der Waals surface area contributed by atoms with Gasteiger partial charge in [0, 0.05) is 42.3 Å². The highest BCUT2D eigenvalue weighted by Crippen LogP contribution is 2.22. The Morgan fingerprint density at radius 2 is 1.75 bits per heavy atom. The van der Waals surface area contributed by atoms with Gasteiger partial charge in [0.15, 0.2) is 5.76 Å². The molecule has 0 fully saturated rings. The molecule has 0 bridgehead atoms. The summed E-state index contributed by atoms with van der Waals surface area (Å²) >= 11 is 5.93. The van der Waals surface area contributed by atoms with Crippen LogP contribution >= 0.6 is 11.6 Å². The fourth-order valence-corrected chi connectivity index (χ4v) is 4.15. The van der Waals surface area contributed by atoms with E-state index in [4.69, 9.17) is 25.8 Å². The summed E-state index contributed by atoms with van der Waals surface area (Å²) in [7, 11) is 1.44. The molecular weight excluding hydrogens is 586 g/mol. The molecule has 4 atom stereocenters. The van der Waals surface area contributed by atoms with Crippen molar-refractivity contribution in [2.75, 3.05) is 7.11 Å². The van der Waals surface area contributed by atoms with Gasteiger partial charge in [-0.2, -0.15) is 0 Å². The van der Waals surface area contributed by atoms with E-state index in [9.17, 15) is 19.2 Å². The van der Waals surface area contributed by atoms with Gasteiger partial charge in [-0.3, -0.25) is 9.59 Å². The first-order chi connectivity index (χ1) is 20.7. The van der Waals surface area contributed by atoms with Crippen molar-refractivity contribution in [2.24, 2.45) is 11.8 Å². The number of alkyl carbamates (subject to hydrolysis) is 1. The number of rotatable bonds is 16. The normalized spacial score (nSPS) is 18.3. The summed E-state index contributed by atoms with van der Waals surface area (Å²) in [4.78, 5) is 49.2. The van der Waals surface area contributed by atoms with Gasteiger partial charge in [-0.25, -0.2) is 9.59 Å². The van der Waals surface area contributed by atoms with E-state index in [1.807, 2.05) is 53.7 Å². The number of hydrogen-bond donors (Lipinski definition) is 3. The molecule has 10 nitrogen and oxygen atoms in total. The molecule has 244 valence electrons. The highest BCUT2D eigenvalue weighted by molar-refractivity contribution is 6.29. The number of carbonyl (C=O) groups is 4. The summed E-state index contributed by atoms with van der Waals surface area (Å²) in [5.41, 5.74) is 0.938. The van der Waals surface area contributed by atoms with E-state index in [1.54, 1.807) is 37.3 Å². The molecule has 1 aliphatic heterocycles. The van der Waals surface area contributed by atoms with Crippen LogP contribution in [0.2, 0.25) is 0 Å². The second-order valence-corrected chi connectivity index (χ2v) is 11.8. The number of halogens is 1. The lowest BCUT2D eigenvalue weighted by Crippen LogP contribution is -2.48. The topological polar surface area (TPSA) is 132 Å². The van der Waals surface area contributed by atoms with Crippen molar-refractivity contribution in [2.45, 2.75) is 92.0 Å². The first kappa shape index (κ1) is 38.2. The Morgan fingerprint density at radius 1 is 1.07 bits per heavy atom. The lowest BCUT2D eigenvalue weighted by atomic mass is 9.97. The van der Waals surface area contributed by atoms with E-state index in [2.05, 4.69) is 16.0 Å². The van der Waals surface area contributed by atoms with Crippen LogP contribution in [0.15, 0.2) is 71.2 Å². The van der Waals surface area contributed by atoms with Crippen LogP contribution in [0.1, 0.15) is 67.7 Å². The highest BCUT2D eigenvalue weighted by atomic mass is 35.5. The minimum Gasteiger partial charge on any atom is -0.490 e. The van der Waals surface area contributed by atoms with Gasteiger partial charge in [-0.15, -0.1) is 0 Å². The molecule has 0 aromatic carbocycles. The Kier molecular flexibility index (Phi) is 17.6. The Hall–Kier alpha value is -3.79. The quantitative estimate of drug-likeness (QED) is 0.112. The van der Waals surface area contributed by atoms with E-state index in [0.29, 0.717) is 24.3 Å². The van der Waals surface area contributed by atoms with E-state index in [-0.39, 0.29) is 35.6 Å². The lowest BCUT2D eigenvalue weighted by Gasteiger charge is -2.25. The monoisotopic (exact) mass is 633 g/mol. The summed E-state index contributed by atoms with van der Waals surface area (Å²) < 4.78 is 15.9. The van der Waals surface area contributed by atoms with Gasteiger partial charge >= 0.3 is 12.1 Å². The van der Waals surface area contributed by atoms with E-state index >= 15 is 0 Å². The second-order valence-electron chi connectivity index (χ2n) is 11.2. The largest absolute Gasteiger partial charge is 0.490 e. The Labute approximate surface area is 266 Å². The molecule has 1 heterocycles. The molecule has 0 aliphatic carbocycles. The number of cyclic esters (lactones) is 1. The number of methoxy groups -OCH3 is 1. The highest BCUT2D eigenvalue weighted by Gasteiger charge is 2.27. The summed E-state index contributed by atoms with van der Waals surface area (Å²) in [5.74, 6) is -1.21. The van der Waals surface area contributed by atoms with Gasteiger partial charge in [-0.05, 0) is 45.9 Å². The number of amides is 3. The number of nitrogens with one attached hydrogen (secondary N) is 3. The molecule has 1 rings (SSSR count). The number of allylic oxidation sites excluding steroid dienone is 5. The third-order valence-electron chi connectivity index (χ3n) is 6.38. The molecule has 11 heteroatoms. The van der Waals surface area contributed by atoms with Crippen molar-refractivity contribution in [1.82, 2.24) is 16.0 Å². The SMILES string of the molecule is COC1=CCC(C(C)/C=C(C)/C=C\C=C/C(=O)NC(C(=O)N/C=C\CC(C/C=C(\C)Cl)OC(=O)NC(C)C)C(C)C)OC1=O. The van der Waals surface area contributed by atoms with Crippen LogP contribution in [0.4, 0.5) is 4.79 Å². The minimum absolute atomic E-state index is 0.0145. The first-order valence-electron chi connectivity index (χ1n) is 14.8. The number of carbonyl (C=O) groups excluding carboxylic acids is 4. The van der Waals surface area contributed by atoms with Crippen LogP contribution in [-0.4, -0.2) is 55.3 Å². The Balaban J connectivity index is 2.66. The van der Waals surface area contributed by atoms with E-state index < -0.39 is 30.1 Å².